The van der Waals surface area contributed by atoms with Crippen molar-refractivity contribution in [3.63, 3.8) is 0 Å². The van der Waals surface area contributed by atoms with Crippen LogP contribution in [0.1, 0.15) is 32.1 Å². The SMILES string of the molecule is CC(C)n1ccnc1CN1CCOC(CCNC(=O)C(F)F)C1. The number of morpholine rings is 1. The lowest BCUT2D eigenvalue weighted by atomic mass is 10.2. The Hall–Kier alpha value is -1.54. The van der Waals surface area contributed by atoms with Crippen LogP contribution in [0, 0.1) is 0 Å². The molecule has 0 aromatic carbocycles. The highest BCUT2D eigenvalue weighted by molar-refractivity contribution is 5.78. The van der Waals surface area contributed by atoms with Gasteiger partial charge in [0, 0.05) is 38.1 Å². The van der Waals surface area contributed by atoms with E-state index in [2.05, 4.69) is 33.6 Å². The van der Waals surface area contributed by atoms with Crippen molar-refractivity contribution in [3.8, 4) is 0 Å². The van der Waals surface area contributed by atoms with Gasteiger partial charge in [-0.15, -0.1) is 0 Å². The molecule has 1 aromatic rings. The lowest BCUT2D eigenvalue weighted by Crippen LogP contribution is -2.44. The van der Waals surface area contributed by atoms with Crippen LogP contribution in [0.2, 0.25) is 0 Å². The predicted molar refractivity (Wildman–Crippen MR) is 81.3 cm³/mol. The van der Waals surface area contributed by atoms with E-state index in [0.29, 0.717) is 25.6 Å². The van der Waals surface area contributed by atoms with Gasteiger partial charge in [-0.05, 0) is 20.3 Å². The molecular formula is C15H24F2N4O2. The third-order valence-corrected chi connectivity index (χ3v) is 3.86. The van der Waals surface area contributed by atoms with E-state index in [-0.39, 0.29) is 12.6 Å². The van der Waals surface area contributed by atoms with Crippen LogP contribution in [0.5, 0.6) is 0 Å². The molecule has 2 rings (SSSR count). The van der Waals surface area contributed by atoms with Crippen LogP contribution in [-0.4, -0.2) is 59.1 Å². The standard InChI is InChI=1S/C15H24F2N4O2/c1-11(2)21-6-5-18-13(21)10-20-7-8-23-12(9-20)3-4-19-15(22)14(16)17/h5-6,11-12,14H,3-4,7-10H2,1-2H3,(H,19,22). The van der Waals surface area contributed by atoms with Crippen LogP contribution in [-0.2, 0) is 16.1 Å². The zero-order valence-corrected chi connectivity index (χ0v) is 13.5. The molecule has 0 saturated carbocycles. The normalized spacial score (nSPS) is 19.5. The molecule has 1 amide bonds. The third-order valence-electron chi connectivity index (χ3n) is 3.86. The van der Waals surface area contributed by atoms with Crippen molar-refractivity contribution in [2.75, 3.05) is 26.2 Å². The Morgan fingerprint density at radius 3 is 3.00 bits per heavy atom. The topological polar surface area (TPSA) is 59.4 Å². The van der Waals surface area contributed by atoms with Crippen molar-refractivity contribution in [2.45, 2.75) is 45.4 Å². The van der Waals surface area contributed by atoms with Crippen LogP contribution < -0.4 is 5.32 Å². The lowest BCUT2D eigenvalue weighted by molar-refractivity contribution is -0.131. The maximum absolute atomic E-state index is 12.1. The number of hydrogen-bond donors (Lipinski definition) is 1. The van der Waals surface area contributed by atoms with Crippen molar-refractivity contribution in [2.24, 2.45) is 0 Å². The molecule has 0 spiro atoms. The molecule has 0 aliphatic carbocycles. The first kappa shape index (κ1) is 17.8. The maximum atomic E-state index is 12.1. The Morgan fingerprint density at radius 2 is 2.30 bits per heavy atom. The second-order valence-corrected chi connectivity index (χ2v) is 5.95. The van der Waals surface area contributed by atoms with Gasteiger partial charge in [0.05, 0.1) is 19.3 Å². The summed E-state index contributed by atoms with van der Waals surface area (Å²) in [5, 5.41) is 2.21. The van der Waals surface area contributed by atoms with Gasteiger partial charge in [-0.3, -0.25) is 9.69 Å². The van der Waals surface area contributed by atoms with Gasteiger partial charge >= 0.3 is 6.43 Å². The Kier molecular flexibility index (Phi) is 6.47. The average molecular weight is 330 g/mol. The molecule has 1 fully saturated rings. The van der Waals surface area contributed by atoms with Crippen molar-refractivity contribution in [3.05, 3.63) is 18.2 Å². The molecule has 1 aliphatic heterocycles. The van der Waals surface area contributed by atoms with Crippen LogP contribution in [0.3, 0.4) is 0 Å². The van der Waals surface area contributed by atoms with Crippen molar-refractivity contribution >= 4 is 5.91 Å². The highest BCUT2D eigenvalue weighted by Crippen LogP contribution is 2.14. The number of imidazole rings is 1. The van der Waals surface area contributed by atoms with Crippen LogP contribution in [0.4, 0.5) is 8.78 Å². The fourth-order valence-electron chi connectivity index (χ4n) is 2.67. The molecule has 0 bridgehead atoms. The molecule has 1 atom stereocenters. The number of halogens is 2. The molecule has 6 nitrogen and oxygen atoms in total. The Balaban J connectivity index is 1.79. The molecule has 23 heavy (non-hydrogen) atoms. The second-order valence-electron chi connectivity index (χ2n) is 5.95. The second kappa shape index (κ2) is 8.35. The van der Waals surface area contributed by atoms with Crippen LogP contribution >= 0.6 is 0 Å². The summed E-state index contributed by atoms with van der Waals surface area (Å²) < 4.78 is 32.0. The zero-order chi connectivity index (χ0) is 16.8. The van der Waals surface area contributed by atoms with Gasteiger partial charge in [0.2, 0.25) is 0 Å². The van der Waals surface area contributed by atoms with E-state index in [1.54, 1.807) is 6.20 Å². The van der Waals surface area contributed by atoms with Crippen molar-refractivity contribution in [1.82, 2.24) is 19.8 Å². The van der Waals surface area contributed by atoms with Gasteiger partial charge in [-0.1, -0.05) is 0 Å². The minimum atomic E-state index is -2.96. The largest absolute Gasteiger partial charge is 0.375 e. The number of rotatable bonds is 7. The van der Waals surface area contributed by atoms with E-state index in [1.807, 2.05) is 6.20 Å². The molecule has 2 heterocycles. The number of amides is 1. The quantitative estimate of drug-likeness (QED) is 0.822. The maximum Gasteiger partial charge on any atom is 0.315 e. The molecular weight excluding hydrogens is 306 g/mol. The van der Waals surface area contributed by atoms with Gasteiger partial charge in [-0.2, -0.15) is 8.78 Å². The first-order valence-electron chi connectivity index (χ1n) is 7.89. The fourth-order valence-corrected chi connectivity index (χ4v) is 2.67. The summed E-state index contributed by atoms with van der Waals surface area (Å²) in [5.74, 6) is -0.219. The highest BCUT2D eigenvalue weighted by atomic mass is 19.3. The Bertz CT molecular complexity index is 507. The number of hydrogen-bond acceptors (Lipinski definition) is 4. The minimum Gasteiger partial charge on any atom is -0.375 e. The number of alkyl halides is 2. The number of nitrogens with zero attached hydrogens (tertiary/aromatic N) is 3. The molecule has 1 aromatic heterocycles. The van der Waals surface area contributed by atoms with E-state index >= 15 is 0 Å². The van der Waals surface area contributed by atoms with Crippen LogP contribution in [0.25, 0.3) is 0 Å². The Morgan fingerprint density at radius 1 is 1.52 bits per heavy atom. The monoisotopic (exact) mass is 330 g/mol. The predicted octanol–water partition coefficient (Wildman–Crippen LogP) is 1.44. The number of aromatic nitrogens is 2. The van der Waals surface area contributed by atoms with Gasteiger partial charge in [-0.25, -0.2) is 4.98 Å². The highest BCUT2D eigenvalue weighted by Gasteiger charge is 2.22. The first-order chi connectivity index (χ1) is 11.0. The summed E-state index contributed by atoms with van der Waals surface area (Å²) in [5.41, 5.74) is 0. The fraction of sp³-hybridized carbons (Fsp3) is 0.733. The Labute approximate surface area is 134 Å². The number of carbonyl (C=O) groups excluding carboxylic acids is 1. The van der Waals surface area contributed by atoms with E-state index in [1.165, 1.54) is 0 Å². The lowest BCUT2D eigenvalue weighted by Gasteiger charge is -2.33. The summed E-state index contributed by atoms with van der Waals surface area (Å²) in [4.78, 5) is 17.5. The molecule has 1 unspecified atom stereocenters. The first-order valence-corrected chi connectivity index (χ1v) is 7.89. The number of ether oxygens (including phenoxy) is 1. The van der Waals surface area contributed by atoms with Crippen molar-refractivity contribution in [1.29, 1.82) is 0 Å². The molecule has 1 saturated heterocycles. The average Bonchev–Trinajstić information content (AvgIpc) is 2.95. The summed E-state index contributed by atoms with van der Waals surface area (Å²) in [6.07, 6.45) is 1.26. The molecule has 0 radical (unpaired) electrons. The van der Waals surface area contributed by atoms with E-state index in [9.17, 15) is 13.6 Å². The molecule has 1 N–H and O–H groups in total. The summed E-state index contributed by atoms with van der Waals surface area (Å²) in [6, 6.07) is 0.355. The van der Waals surface area contributed by atoms with Gasteiger partial charge in [0.25, 0.3) is 5.91 Å². The van der Waals surface area contributed by atoms with Crippen LogP contribution in [0.15, 0.2) is 12.4 Å². The zero-order valence-electron chi connectivity index (χ0n) is 13.5. The molecule has 130 valence electrons. The minimum absolute atomic E-state index is 0.0656. The van der Waals surface area contributed by atoms with Crippen molar-refractivity contribution < 1.29 is 18.3 Å². The van der Waals surface area contributed by atoms with E-state index in [0.717, 1.165) is 18.9 Å². The van der Waals surface area contributed by atoms with Gasteiger partial charge < -0.3 is 14.6 Å². The molecule has 8 heteroatoms. The number of carbonyl (C=O) groups is 1. The third kappa shape index (κ3) is 5.24. The summed E-state index contributed by atoms with van der Waals surface area (Å²) in [6.45, 7) is 7.25. The van der Waals surface area contributed by atoms with E-state index < -0.39 is 12.3 Å². The number of nitrogens with one attached hydrogen (secondary N) is 1. The van der Waals surface area contributed by atoms with E-state index in [4.69, 9.17) is 4.74 Å². The molecule has 1 aliphatic rings. The summed E-state index contributed by atoms with van der Waals surface area (Å²) >= 11 is 0. The summed E-state index contributed by atoms with van der Waals surface area (Å²) in [7, 11) is 0. The smallest absolute Gasteiger partial charge is 0.315 e. The van der Waals surface area contributed by atoms with Gasteiger partial charge in [0.15, 0.2) is 0 Å². The van der Waals surface area contributed by atoms with Gasteiger partial charge in [0.1, 0.15) is 5.82 Å².